The van der Waals surface area contributed by atoms with Gasteiger partial charge in [-0.2, -0.15) is 0 Å². The average Bonchev–Trinajstić information content (AvgIpc) is 2.61. The van der Waals surface area contributed by atoms with Crippen LogP contribution in [0.1, 0.15) is 23.0 Å². The van der Waals surface area contributed by atoms with Crippen molar-refractivity contribution in [2.75, 3.05) is 7.11 Å². The lowest BCUT2D eigenvalue weighted by atomic mass is 10.2. The van der Waals surface area contributed by atoms with E-state index in [9.17, 15) is 14.9 Å². The van der Waals surface area contributed by atoms with Crippen LogP contribution in [-0.2, 0) is 9.53 Å². The van der Waals surface area contributed by atoms with Gasteiger partial charge in [-0.1, -0.05) is 0 Å². The Morgan fingerprint density at radius 3 is 2.38 bits per heavy atom. The van der Waals surface area contributed by atoms with Crippen LogP contribution in [0, 0.1) is 17.0 Å². The summed E-state index contributed by atoms with van der Waals surface area (Å²) in [5.74, 6) is -0.522. The highest BCUT2D eigenvalue weighted by atomic mass is 16.6. The molecule has 7 nitrogen and oxygen atoms in total. The number of hydrogen-bond donors (Lipinski definition) is 1. The highest BCUT2D eigenvalue weighted by molar-refractivity contribution is 5.97. The van der Waals surface area contributed by atoms with Crippen LogP contribution in [0.2, 0.25) is 0 Å². The summed E-state index contributed by atoms with van der Waals surface area (Å²) in [4.78, 5) is 32.1. The highest BCUT2D eigenvalue weighted by Crippen LogP contribution is 2.18. The van der Waals surface area contributed by atoms with Gasteiger partial charge in [0.15, 0.2) is 5.78 Å². The molecule has 0 bridgehead atoms. The zero-order valence-corrected chi connectivity index (χ0v) is 9.14. The van der Waals surface area contributed by atoms with Gasteiger partial charge in [0, 0.05) is 0 Å². The number of methoxy groups -OCH3 is 1. The maximum absolute atomic E-state index is 10.9. The lowest BCUT2D eigenvalue weighted by molar-refractivity contribution is -0.389. The minimum absolute atomic E-state index is 0.137. The van der Waals surface area contributed by atoms with E-state index in [0.717, 1.165) is 0 Å². The predicted octanol–water partition coefficient (Wildman–Crippen LogP) is 1.22. The molecule has 7 heteroatoms. The van der Waals surface area contributed by atoms with Gasteiger partial charge in [0.1, 0.15) is 5.56 Å². The molecule has 0 amide bonds. The Hall–Kier alpha value is -2.18. The first-order valence-corrected chi connectivity index (χ1v) is 4.25. The molecule has 88 valence electrons. The van der Waals surface area contributed by atoms with Crippen LogP contribution in [0.15, 0.2) is 6.07 Å². The van der Waals surface area contributed by atoms with E-state index in [-0.39, 0.29) is 17.2 Å². The smallest absolute Gasteiger partial charge is 0.331 e. The van der Waals surface area contributed by atoms with E-state index in [0.29, 0.717) is 12.2 Å². The van der Waals surface area contributed by atoms with Gasteiger partial charge < -0.3 is 14.9 Å². The van der Waals surface area contributed by atoms with Crippen LogP contribution in [0.25, 0.3) is 0 Å². The molecule has 1 rings (SSSR count). The summed E-state index contributed by atoms with van der Waals surface area (Å²) in [6.45, 7) is 3.34. The molecular formula is C9H12N2O5. The Kier molecular flexibility index (Phi) is 5.47. The average molecular weight is 228 g/mol. The van der Waals surface area contributed by atoms with E-state index < -0.39 is 4.92 Å². The monoisotopic (exact) mass is 228 g/mol. The number of aromatic nitrogens is 1. The molecule has 0 aliphatic carbocycles. The normalized spacial score (nSPS) is 8.69. The van der Waals surface area contributed by atoms with Crippen molar-refractivity contribution in [3.8, 4) is 0 Å². The SMILES string of the molecule is CC(=O)c1cc(C)[nH]c1[N+](=O)[O-].COC=O. The fourth-order valence-electron chi connectivity index (χ4n) is 0.987. The lowest BCUT2D eigenvalue weighted by Crippen LogP contribution is -1.97. The molecule has 0 aliphatic heterocycles. The maximum atomic E-state index is 10.9. The predicted molar refractivity (Wildman–Crippen MR) is 55.3 cm³/mol. The van der Waals surface area contributed by atoms with E-state index in [4.69, 9.17) is 4.79 Å². The maximum Gasteiger partial charge on any atom is 0.331 e. The second-order valence-corrected chi connectivity index (χ2v) is 2.86. The van der Waals surface area contributed by atoms with Crippen LogP contribution in [0.3, 0.4) is 0 Å². The summed E-state index contributed by atoms with van der Waals surface area (Å²) in [7, 11) is 1.31. The first kappa shape index (κ1) is 13.8. The summed E-state index contributed by atoms with van der Waals surface area (Å²) < 4.78 is 3.86. The zero-order chi connectivity index (χ0) is 12.7. The van der Waals surface area contributed by atoms with E-state index in [1.54, 1.807) is 6.92 Å². The van der Waals surface area contributed by atoms with Crippen LogP contribution in [-0.4, -0.2) is 29.3 Å². The van der Waals surface area contributed by atoms with Gasteiger partial charge in [-0.25, -0.2) is 4.98 Å². The molecule has 0 saturated carbocycles. The number of ketones is 1. The fraction of sp³-hybridized carbons (Fsp3) is 0.333. The highest BCUT2D eigenvalue weighted by Gasteiger charge is 2.18. The summed E-state index contributed by atoms with van der Waals surface area (Å²) >= 11 is 0. The van der Waals surface area contributed by atoms with Crippen molar-refractivity contribution in [3.63, 3.8) is 0 Å². The van der Waals surface area contributed by atoms with Crippen molar-refractivity contribution < 1.29 is 19.2 Å². The Labute approximate surface area is 91.6 Å². The molecular weight excluding hydrogens is 216 g/mol. The van der Waals surface area contributed by atoms with Crippen molar-refractivity contribution in [1.82, 2.24) is 4.98 Å². The van der Waals surface area contributed by atoms with Crippen molar-refractivity contribution in [2.24, 2.45) is 0 Å². The van der Waals surface area contributed by atoms with Crippen molar-refractivity contribution in [1.29, 1.82) is 0 Å². The Balaban J connectivity index is 0.000000487. The molecule has 16 heavy (non-hydrogen) atoms. The van der Waals surface area contributed by atoms with Crippen molar-refractivity contribution in [2.45, 2.75) is 13.8 Å². The Morgan fingerprint density at radius 2 is 2.12 bits per heavy atom. The summed E-state index contributed by atoms with van der Waals surface area (Å²) in [6, 6.07) is 1.47. The third kappa shape index (κ3) is 3.91. The second kappa shape index (κ2) is 6.33. The number of aromatic amines is 1. The third-order valence-electron chi connectivity index (χ3n) is 1.59. The zero-order valence-electron chi connectivity index (χ0n) is 9.14. The number of aryl methyl sites for hydroxylation is 1. The molecule has 1 N–H and O–H groups in total. The standard InChI is InChI=1S/C7H8N2O3.C2H4O2/c1-4-3-6(5(2)10)7(8-4)9(11)12;1-4-2-3/h3,8H,1-2H3;2H,1H3. The fourth-order valence-corrected chi connectivity index (χ4v) is 0.987. The minimum Gasteiger partial charge on any atom is -0.471 e. The van der Waals surface area contributed by atoms with Crippen molar-refractivity contribution in [3.05, 3.63) is 27.4 Å². The number of hydrogen-bond acceptors (Lipinski definition) is 5. The van der Waals surface area contributed by atoms with Gasteiger partial charge in [0.05, 0.1) is 12.8 Å². The molecule has 0 aromatic carbocycles. The number of H-pyrrole nitrogens is 1. The van der Waals surface area contributed by atoms with Gasteiger partial charge in [0.25, 0.3) is 6.47 Å². The van der Waals surface area contributed by atoms with Crippen LogP contribution >= 0.6 is 0 Å². The second-order valence-electron chi connectivity index (χ2n) is 2.86. The number of carbonyl (C=O) groups is 2. The number of nitrogens with zero attached hydrogens (tertiary/aromatic N) is 1. The number of carbonyl (C=O) groups excluding carboxylic acids is 2. The number of nitro groups is 1. The quantitative estimate of drug-likeness (QED) is 0.362. The Bertz CT molecular complexity index is 365. The molecule has 0 aliphatic rings. The van der Waals surface area contributed by atoms with Crippen LogP contribution in [0.4, 0.5) is 5.82 Å². The van der Waals surface area contributed by atoms with E-state index in [2.05, 4.69) is 9.72 Å². The first-order valence-electron chi connectivity index (χ1n) is 4.25. The minimum atomic E-state index is -0.594. The summed E-state index contributed by atoms with van der Waals surface area (Å²) in [6.07, 6.45) is 0. The molecule has 1 heterocycles. The molecule has 0 atom stereocenters. The van der Waals surface area contributed by atoms with Crippen LogP contribution in [0.5, 0.6) is 0 Å². The molecule has 0 unspecified atom stereocenters. The molecule has 0 fully saturated rings. The van der Waals surface area contributed by atoms with Gasteiger partial charge in [-0.05, 0) is 24.8 Å². The van der Waals surface area contributed by atoms with Gasteiger partial charge in [0.2, 0.25) is 0 Å². The van der Waals surface area contributed by atoms with Crippen LogP contribution < -0.4 is 0 Å². The molecule has 0 saturated heterocycles. The molecule has 0 spiro atoms. The molecule has 1 aromatic rings. The summed E-state index contributed by atoms with van der Waals surface area (Å²) in [5, 5.41) is 10.4. The third-order valence-corrected chi connectivity index (χ3v) is 1.59. The first-order chi connectivity index (χ1) is 7.43. The molecule has 0 radical (unpaired) electrons. The topological polar surface area (TPSA) is 102 Å². The largest absolute Gasteiger partial charge is 0.471 e. The lowest BCUT2D eigenvalue weighted by Gasteiger charge is -1.91. The summed E-state index contributed by atoms with van der Waals surface area (Å²) in [5.41, 5.74) is 0.754. The molecule has 1 aromatic heterocycles. The Morgan fingerprint density at radius 1 is 1.62 bits per heavy atom. The van der Waals surface area contributed by atoms with Gasteiger partial charge in [-0.3, -0.25) is 9.59 Å². The number of ether oxygens (including phenoxy) is 1. The van der Waals surface area contributed by atoms with E-state index in [1.807, 2.05) is 0 Å². The number of Topliss-reactive ketones (excluding diaryl/α,β-unsaturated/α-hetero) is 1. The van der Waals surface area contributed by atoms with Gasteiger partial charge >= 0.3 is 5.82 Å². The van der Waals surface area contributed by atoms with E-state index in [1.165, 1.54) is 20.1 Å². The van der Waals surface area contributed by atoms with Gasteiger partial charge in [-0.15, -0.1) is 0 Å². The van der Waals surface area contributed by atoms with E-state index >= 15 is 0 Å². The number of rotatable bonds is 3. The number of nitrogens with one attached hydrogen (secondary N) is 1. The van der Waals surface area contributed by atoms with Crippen molar-refractivity contribution >= 4 is 18.1 Å².